The molecular weight excluding hydrogens is 429 g/mol. The van der Waals surface area contributed by atoms with Crippen LogP contribution in [0, 0.1) is 0 Å². The van der Waals surface area contributed by atoms with E-state index in [-0.39, 0.29) is 0 Å². The molecule has 0 saturated carbocycles. The standard InChI is InChI=1S/C31H19F3/c32-31(33,34)24-11-7-10-22(19-24)29-25-12-3-5-14-27(25)30(28-15-6-4-13-26(28)29)23-17-16-20-8-1-2-9-21(20)18-23/h1-19H. The van der Waals surface area contributed by atoms with Crippen molar-refractivity contribution in [3.05, 3.63) is 121 Å². The molecule has 6 rings (SSSR count). The summed E-state index contributed by atoms with van der Waals surface area (Å²) in [5, 5.41) is 6.22. The molecule has 0 atom stereocenters. The molecule has 0 fully saturated rings. The summed E-state index contributed by atoms with van der Waals surface area (Å²) in [5.74, 6) is 0. The minimum absolute atomic E-state index is 0.562. The average Bonchev–Trinajstić information content (AvgIpc) is 2.86. The van der Waals surface area contributed by atoms with Crippen molar-refractivity contribution in [1.82, 2.24) is 0 Å². The van der Waals surface area contributed by atoms with Crippen LogP contribution in [0.3, 0.4) is 0 Å². The van der Waals surface area contributed by atoms with E-state index >= 15 is 0 Å². The Morgan fingerprint density at radius 2 is 0.912 bits per heavy atom. The number of benzene rings is 6. The minimum Gasteiger partial charge on any atom is -0.166 e. The van der Waals surface area contributed by atoms with Crippen LogP contribution in [0.5, 0.6) is 0 Å². The van der Waals surface area contributed by atoms with E-state index in [9.17, 15) is 13.2 Å². The fourth-order valence-electron chi connectivity index (χ4n) is 4.95. The molecule has 0 heterocycles. The molecule has 0 spiro atoms. The average molecular weight is 448 g/mol. The van der Waals surface area contributed by atoms with Crippen LogP contribution in [-0.2, 0) is 6.18 Å². The predicted molar refractivity (Wildman–Crippen MR) is 135 cm³/mol. The molecule has 0 aromatic heterocycles. The summed E-state index contributed by atoms with van der Waals surface area (Å²) in [6, 6.07) is 36.3. The van der Waals surface area contributed by atoms with Crippen molar-refractivity contribution < 1.29 is 13.2 Å². The molecule has 0 amide bonds. The van der Waals surface area contributed by atoms with E-state index in [1.54, 1.807) is 6.07 Å². The predicted octanol–water partition coefficient (Wildman–Crippen LogP) is 9.50. The zero-order valence-electron chi connectivity index (χ0n) is 18.1. The van der Waals surface area contributed by atoms with Gasteiger partial charge in [-0.15, -0.1) is 0 Å². The van der Waals surface area contributed by atoms with Crippen LogP contribution in [0.4, 0.5) is 13.2 Å². The molecular formula is C31H19F3. The van der Waals surface area contributed by atoms with Gasteiger partial charge in [0.1, 0.15) is 0 Å². The van der Waals surface area contributed by atoms with Crippen molar-refractivity contribution in [2.75, 3.05) is 0 Å². The second-order valence-corrected chi connectivity index (χ2v) is 8.48. The van der Waals surface area contributed by atoms with Gasteiger partial charge in [-0.1, -0.05) is 97.1 Å². The monoisotopic (exact) mass is 448 g/mol. The second kappa shape index (κ2) is 7.74. The Bertz CT molecular complexity index is 1640. The highest BCUT2D eigenvalue weighted by Crippen LogP contribution is 2.44. The van der Waals surface area contributed by atoms with Crippen molar-refractivity contribution in [2.45, 2.75) is 6.18 Å². The van der Waals surface area contributed by atoms with Crippen molar-refractivity contribution in [3.8, 4) is 22.3 Å². The van der Waals surface area contributed by atoms with Gasteiger partial charge in [0.2, 0.25) is 0 Å². The zero-order valence-corrected chi connectivity index (χ0v) is 18.1. The summed E-state index contributed by atoms with van der Waals surface area (Å²) in [7, 11) is 0. The molecule has 0 unspecified atom stereocenters. The van der Waals surface area contributed by atoms with Gasteiger partial charge >= 0.3 is 6.18 Å². The summed E-state index contributed by atoms with van der Waals surface area (Å²) < 4.78 is 40.6. The van der Waals surface area contributed by atoms with E-state index < -0.39 is 11.7 Å². The molecule has 0 aliphatic rings. The van der Waals surface area contributed by atoms with Gasteiger partial charge in [0.15, 0.2) is 0 Å². The van der Waals surface area contributed by atoms with Gasteiger partial charge < -0.3 is 0 Å². The molecule has 0 saturated heterocycles. The molecule has 0 N–H and O–H groups in total. The SMILES string of the molecule is FC(F)(F)c1cccc(-c2c3ccccc3c(-c3ccc4ccccc4c3)c3ccccc23)c1. The quantitative estimate of drug-likeness (QED) is 0.231. The van der Waals surface area contributed by atoms with Gasteiger partial charge in [0.05, 0.1) is 5.56 Å². The fourth-order valence-corrected chi connectivity index (χ4v) is 4.95. The van der Waals surface area contributed by atoms with Crippen LogP contribution in [-0.4, -0.2) is 0 Å². The summed E-state index contributed by atoms with van der Waals surface area (Å²) >= 11 is 0. The van der Waals surface area contributed by atoms with E-state index in [0.717, 1.165) is 49.7 Å². The largest absolute Gasteiger partial charge is 0.416 e. The van der Waals surface area contributed by atoms with Crippen molar-refractivity contribution in [1.29, 1.82) is 0 Å². The smallest absolute Gasteiger partial charge is 0.166 e. The second-order valence-electron chi connectivity index (χ2n) is 8.48. The van der Waals surface area contributed by atoms with Crippen molar-refractivity contribution in [3.63, 3.8) is 0 Å². The molecule has 34 heavy (non-hydrogen) atoms. The maximum atomic E-state index is 13.5. The molecule has 6 aromatic carbocycles. The number of alkyl halides is 3. The lowest BCUT2D eigenvalue weighted by Crippen LogP contribution is -2.04. The van der Waals surface area contributed by atoms with Gasteiger partial charge in [-0.2, -0.15) is 13.2 Å². The van der Waals surface area contributed by atoms with E-state index in [0.29, 0.717) is 5.56 Å². The number of rotatable bonds is 2. The minimum atomic E-state index is -4.40. The van der Waals surface area contributed by atoms with Crippen LogP contribution >= 0.6 is 0 Å². The highest BCUT2D eigenvalue weighted by molar-refractivity contribution is 6.21. The Morgan fingerprint density at radius 1 is 0.412 bits per heavy atom. The molecule has 3 heteroatoms. The number of hydrogen-bond acceptors (Lipinski definition) is 0. The number of hydrogen-bond donors (Lipinski definition) is 0. The van der Waals surface area contributed by atoms with Gasteiger partial charge in [0.25, 0.3) is 0 Å². The zero-order chi connectivity index (χ0) is 23.3. The molecule has 164 valence electrons. The van der Waals surface area contributed by atoms with Crippen LogP contribution in [0.25, 0.3) is 54.6 Å². The van der Waals surface area contributed by atoms with Crippen LogP contribution in [0.2, 0.25) is 0 Å². The Kier molecular flexibility index (Phi) is 4.66. The van der Waals surface area contributed by atoms with Crippen LogP contribution < -0.4 is 0 Å². The molecule has 0 radical (unpaired) electrons. The summed E-state index contributed by atoms with van der Waals surface area (Å²) in [6.45, 7) is 0. The van der Waals surface area contributed by atoms with E-state index in [1.807, 2.05) is 48.5 Å². The molecule has 0 nitrogen and oxygen atoms in total. The van der Waals surface area contributed by atoms with Gasteiger partial charge in [-0.05, 0) is 72.8 Å². The fraction of sp³-hybridized carbons (Fsp3) is 0.0323. The lowest BCUT2D eigenvalue weighted by molar-refractivity contribution is -0.137. The maximum Gasteiger partial charge on any atom is 0.416 e. The van der Waals surface area contributed by atoms with Gasteiger partial charge in [-0.3, -0.25) is 0 Å². The number of halogens is 3. The Morgan fingerprint density at radius 3 is 1.47 bits per heavy atom. The normalized spacial score (nSPS) is 12.0. The van der Waals surface area contributed by atoms with Gasteiger partial charge in [0, 0.05) is 0 Å². The third-order valence-corrected chi connectivity index (χ3v) is 6.45. The number of fused-ring (bicyclic) bond motifs is 3. The topological polar surface area (TPSA) is 0 Å². The Labute approximate surface area is 194 Å². The van der Waals surface area contributed by atoms with Crippen LogP contribution in [0.15, 0.2) is 115 Å². The van der Waals surface area contributed by atoms with E-state index in [2.05, 4.69) is 42.5 Å². The maximum absolute atomic E-state index is 13.5. The lowest BCUT2D eigenvalue weighted by atomic mass is 9.85. The first-order valence-corrected chi connectivity index (χ1v) is 11.1. The summed E-state index contributed by atoms with van der Waals surface area (Å²) in [4.78, 5) is 0. The van der Waals surface area contributed by atoms with Crippen LogP contribution in [0.1, 0.15) is 5.56 Å². The van der Waals surface area contributed by atoms with E-state index in [1.165, 1.54) is 17.5 Å². The summed E-state index contributed by atoms with van der Waals surface area (Å²) in [6.07, 6.45) is -4.40. The first-order valence-electron chi connectivity index (χ1n) is 11.1. The highest BCUT2D eigenvalue weighted by Gasteiger charge is 2.30. The molecule has 0 aliphatic heterocycles. The third kappa shape index (κ3) is 3.32. The lowest BCUT2D eigenvalue weighted by Gasteiger charge is -2.18. The summed E-state index contributed by atoms with van der Waals surface area (Å²) in [5.41, 5.74) is 2.92. The Hall–Kier alpha value is -4.11. The molecule has 0 bridgehead atoms. The highest BCUT2D eigenvalue weighted by atomic mass is 19.4. The third-order valence-electron chi connectivity index (χ3n) is 6.45. The Balaban J connectivity index is 1.73. The van der Waals surface area contributed by atoms with Gasteiger partial charge in [-0.25, -0.2) is 0 Å². The van der Waals surface area contributed by atoms with E-state index in [4.69, 9.17) is 0 Å². The van der Waals surface area contributed by atoms with Crippen molar-refractivity contribution in [2.24, 2.45) is 0 Å². The van der Waals surface area contributed by atoms with Crippen molar-refractivity contribution >= 4 is 32.3 Å². The molecule has 6 aromatic rings. The first-order chi connectivity index (χ1) is 16.5. The first kappa shape index (κ1) is 20.5. The molecule has 0 aliphatic carbocycles.